The number of aromatic nitrogens is 5. The molecule has 10 rings (SSSR count). The number of aromatic amines is 1. The molecule has 0 bridgehead atoms. The predicted octanol–water partition coefficient (Wildman–Crippen LogP) is 8.92. The molecule has 1 N–H and O–H groups in total. The molecule has 5 nitrogen and oxygen atoms in total. The normalized spacial score (nSPS) is 12.4. The topological polar surface area (TPSA) is 50.9 Å². The zero-order valence-corrected chi connectivity index (χ0v) is 21.8. The number of H-pyrrole nitrogens is 1. The van der Waals surface area contributed by atoms with E-state index in [1.165, 1.54) is 38.0 Å². The second-order valence-corrected chi connectivity index (χ2v) is 10.8. The summed E-state index contributed by atoms with van der Waals surface area (Å²) in [5, 5.41) is 8.29. The largest absolute Gasteiger partial charge is 0.354 e. The summed E-state index contributed by atoms with van der Waals surface area (Å²) in [6.07, 6.45) is 1.88. The van der Waals surface area contributed by atoms with Crippen LogP contribution in [0.15, 0.2) is 121 Å². The van der Waals surface area contributed by atoms with Crippen LogP contribution in [-0.2, 0) is 0 Å². The van der Waals surface area contributed by atoms with Crippen LogP contribution >= 0.6 is 0 Å². The summed E-state index contributed by atoms with van der Waals surface area (Å²) in [7, 11) is 0. The molecule has 0 saturated heterocycles. The number of hydrogen-bond donors (Lipinski definition) is 1. The van der Waals surface area contributed by atoms with Gasteiger partial charge in [-0.25, -0.2) is 9.97 Å². The van der Waals surface area contributed by atoms with E-state index >= 15 is 0 Å². The molecule has 5 heterocycles. The van der Waals surface area contributed by atoms with Crippen molar-refractivity contribution in [2.24, 2.45) is 0 Å². The third-order valence-corrected chi connectivity index (χ3v) is 8.64. The molecule has 5 aromatic heterocycles. The molecule has 0 aliphatic heterocycles. The summed E-state index contributed by atoms with van der Waals surface area (Å²) in [5.41, 5.74) is 9.67. The Morgan fingerprint density at radius 1 is 0.537 bits per heavy atom. The van der Waals surface area contributed by atoms with Crippen molar-refractivity contribution >= 4 is 82.1 Å². The van der Waals surface area contributed by atoms with Crippen molar-refractivity contribution in [1.82, 2.24) is 23.9 Å². The number of fused-ring (bicyclic) bond motifs is 15. The fourth-order valence-electron chi connectivity index (χ4n) is 6.94. The number of pyridine rings is 2. The lowest BCUT2D eigenvalue weighted by molar-refractivity contribution is 1.19. The van der Waals surface area contributed by atoms with Gasteiger partial charge in [0.1, 0.15) is 11.3 Å². The zero-order chi connectivity index (χ0) is 26.7. The second-order valence-electron chi connectivity index (χ2n) is 10.8. The Kier molecular flexibility index (Phi) is 3.87. The monoisotopic (exact) mass is 523 g/mol. The average molecular weight is 524 g/mol. The first-order valence-electron chi connectivity index (χ1n) is 13.9. The molecule has 0 aliphatic rings. The number of nitrogens with zero attached hydrogens (tertiary/aromatic N) is 4. The van der Waals surface area contributed by atoms with Crippen molar-refractivity contribution in [2.45, 2.75) is 0 Å². The molecule has 5 aromatic carbocycles. The highest BCUT2D eigenvalue weighted by atomic mass is 15.1. The second kappa shape index (κ2) is 7.49. The summed E-state index contributed by atoms with van der Waals surface area (Å²) in [5.74, 6) is 0. The first-order valence-corrected chi connectivity index (χ1v) is 13.9. The Morgan fingerprint density at radius 2 is 1.32 bits per heavy atom. The quantitative estimate of drug-likeness (QED) is 0.218. The number of para-hydroxylation sites is 4. The maximum Gasteiger partial charge on any atom is 0.147 e. The smallest absolute Gasteiger partial charge is 0.147 e. The number of benzene rings is 5. The molecule has 0 unspecified atom stereocenters. The third kappa shape index (κ3) is 2.65. The maximum atomic E-state index is 5.14. The van der Waals surface area contributed by atoms with E-state index < -0.39 is 0 Å². The minimum absolute atomic E-state index is 0.916. The highest BCUT2D eigenvalue weighted by molar-refractivity contribution is 6.29. The molecule has 0 radical (unpaired) electrons. The van der Waals surface area contributed by atoms with E-state index in [4.69, 9.17) is 9.97 Å². The van der Waals surface area contributed by atoms with Crippen LogP contribution in [0, 0.1) is 0 Å². The van der Waals surface area contributed by atoms with Crippen LogP contribution in [0.3, 0.4) is 0 Å². The highest BCUT2D eigenvalue weighted by Gasteiger charge is 2.22. The summed E-state index contributed by atoms with van der Waals surface area (Å²) >= 11 is 0. The third-order valence-electron chi connectivity index (χ3n) is 8.64. The standard InChI is InChI=1S/C36H21N5/c1-2-9-21(10-3-1)40-32-20-26-22-11-4-5-13-28(22)38-30(26)19-27(32)23-16-17-25-33(34(23)40)24-12-8-18-37-35(24)41-31-15-7-6-14-29(31)39-36(25)41/h1-20,38H. The molecular formula is C36H21N5. The molecule has 10 aromatic rings. The fraction of sp³-hybridized carbons (Fsp3) is 0. The van der Waals surface area contributed by atoms with Crippen LogP contribution in [0.1, 0.15) is 0 Å². The van der Waals surface area contributed by atoms with Crippen LogP contribution in [0.4, 0.5) is 0 Å². The number of hydrogen-bond acceptors (Lipinski definition) is 2. The molecule has 190 valence electrons. The van der Waals surface area contributed by atoms with Crippen molar-refractivity contribution in [3.05, 3.63) is 121 Å². The molecule has 0 amide bonds. The van der Waals surface area contributed by atoms with E-state index in [9.17, 15) is 0 Å². The summed E-state index contributed by atoms with van der Waals surface area (Å²) < 4.78 is 4.64. The lowest BCUT2D eigenvalue weighted by atomic mass is 10.0. The van der Waals surface area contributed by atoms with Crippen molar-refractivity contribution in [1.29, 1.82) is 0 Å². The maximum absolute atomic E-state index is 5.14. The van der Waals surface area contributed by atoms with Gasteiger partial charge in [0.15, 0.2) is 0 Å². The van der Waals surface area contributed by atoms with Gasteiger partial charge in [-0.1, -0.05) is 54.6 Å². The summed E-state index contributed by atoms with van der Waals surface area (Å²) in [6.45, 7) is 0. The van der Waals surface area contributed by atoms with E-state index in [0.29, 0.717) is 0 Å². The first-order chi connectivity index (χ1) is 20.3. The van der Waals surface area contributed by atoms with E-state index in [1.807, 2.05) is 18.3 Å². The van der Waals surface area contributed by atoms with Crippen LogP contribution in [-0.4, -0.2) is 23.9 Å². The van der Waals surface area contributed by atoms with Crippen molar-refractivity contribution in [3.8, 4) is 5.69 Å². The first kappa shape index (κ1) is 21.2. The lowest BCUT2D eigenvalue weighted by Crippen LogP contribution is -1.97. The van der Waals surface area contributed by atoms with Gasteiger partial charge in [-0.05, 0) is 60.7 Å². The average Bonchev–Trinajstić information content (AvgIpc) is 3.70. The molecule has 0 saturated carbocycles. The van der Waals surface area contributed by atoms with Gasteiger partial charge in [-0.2, -0.15) is 0 Å². The van der Waals surface area contributed by atoms with Crippen LogP contribution in [0.2, 0.25) is 0 Å². The van der Waals surface area contributed by atoms with E-state index in [-0.39, 0.29) is 0 Å². The van der Waals surface area contributed by atoms with Gasteiger partial charge >= 0.3 is 0 Å². The van der Waals surface area contributed by atoms with Gasteiger partial charge in [0, 0.05) is 60.6 Å². The number of imidazole rings is 1. The van der Waals surface area contributed by atoms with Crippen LogP contribution in [0.25, 0.3) is 87.8 Å². The van der Waals surface area contributed by atoms with Crippen molar-refractivity contribution in [3.63, 3.8) is 0 Å². The molecular weight excluding hydrogens is 502 g/mol. The molecule has 0 atom stereocenters. The Labute approximate surface area is 232 Å². The van der Waals surface area contributed by atoms with Gasteiger partial charge in [0.2, 0.25) is 0 Å². The Balaban J connectivity index is 1.51. The van der Waals surface area contributed by atoms with Gasteiger partial charge < -0.3 is 9.55 Å². The number of nitrogens with one attached hydrogen (secondary N) is 1. The highest BCUT2D eigenvalue weighted by Crippen LogP contribution is 2.43. The molecule has 0 fully saturated rings. The van der Waals surface area contributed by atoms with E-state index in [0.717, 1.165) is 49.8 Å². The minimum Gasteiger partial charge on any atom is -0.354 e. The molecule has 41 heavy (non-hydrogen) atoms. The zero-order valence-electron chi connectivity index (χ0n) is 21.8. The van der Waals surface area contributed by atoms with Gasteiger partial charge in [0.05, 0.1) is 22.1 Å². The van der Waals surface area contributed by atoms with E-state index in [1.54, 1.807) is 0 Å². The SMILES string of the molecule is c1ccc(-n2c3cc4c(cc3c3ccc5c(c6cccnc6n6c7ccccc7nc56)c32)[nH]c2ccccc24)cc1. The molecule has 0 spiro atoms. The van der Waals surface area contributed by atoms with Crippen molar-refractivity contribution < 1.29 is 0 Å². The van der Waals surface area contributed by atoms with Crippen LogP contribution < -0.4 is 0 Å². The predicted molar refractivity (Wildman–Crippen MR) is 169 cm³/mol. The fourth-order valence-corrected chi connectivity index (χ4v) is 6.94. The van der Waals surface area contributed by atoms with Crippen LogP contribution in [0.5, 0.6) is 0 Å². The Bertz CT molecular complexity index is 2690. The Morgan fingerprint density at radius 3 is 2.27 bits per heavy atom. The Hall–Kier alpha value is -5.68. The summed E-state index contributed by atoms with van der Waals surface area (Å²) in [6, 6.07) is 41.0. The van der Waals surface area contributed by atoms with Gasteiger partial charge in [0.25, 0.3) is 0 Å². The molecule has 5 heteroatoms. The number of rotatable bonds is 1. The minimum atomic E-state index is 0.916. The summed E-state index contributed by atoms with van der Waals surface area (Å²) in [4.78, 5) is 13.7. The van der Waals surface area contributed by atoms with Gasteiger partial charge in [-0.15, -0.1) is 0 Å². The molecule has 0 aliphatic carbocycles. The lowest BCUT2D eigenvalue weighted by Gasteiger charge is -2.13. The van der Waals surface area contributed by atoms with Crippen molar-refractivity contribution in [2.75, 3.05) is 0 Å². The van der Waals surface area contributed by atoms with E-state index in [2.05, 4.69) is 117 Å². The van der Waals surface area contributed by atoms with Gasteiger partial charge in [-0.3, -0.25) is 4.40 Å².